The average molecular weight is 167 g/mol. The fourth-order valence-corrected chi connectivity index (χ4v) is 1.49. The van der Waals surface area contributed by atoms with E-state index in [1.54, 1.807) is 6.08 Å². The number of allylic oxidation sites excluding steroid dienone is 2. The molecular weight excluding hydrogens is 150 g/mol. The second-order valence-electron chi connectivity index (χ2n) is 3.24. The summed E-state index contributed by atoms with van der Waals surface area (Å²) in [5.74, 6) is 0.492. The normalized spacial score (nSPS) is 20.8. The molecule has 0 aliphatic carbocycles. The Morgan fingerprint density at radius 2 is 1.92 bits per heavy atom. The molecule has 12 heavy (non-hydrogen) atoms. The van der Waals surface area contributed by atoms with Crippen LogP contribution in [0.25, 0.3) is 0 Å². The smallest absolute Gasteiger partial charge is 0.0258 e. The van der Waals surface area contributed by atoms with Crippen LogP contribution in [0.2, 0.25) is 0 Å². The molecule has 0 aromatic heterocycles. The molecule has 0 aromatic carbocycles. The van der Waals surface area contributed by atoms with Crippen molar-refractivity contribution >= 4 is 0 Å². The lowest BCUT2D eigenvalue weighted by atomic mass is 9.94. The third kappa shape index (κ3) is 2.58. The van der Waals surface area contributed by atoms with Crippen LogP contribution in [-0.4, -0.2) is 13.1 Å². The predicted molar refractivity (Wildman–Crippen MR) is 51.2 cm³/mol. The summed E-state index contributed by atoms with van der Waals surface area (Å²) in [7, 11) is 0. The summed E-state index contributed by atoms with van der Waals surface area (Å²) in [6.07, 6.45) is 3.99. The van der Waals surface area contributed by atoms with Gasteiger partial charge in [0.25, 0.3) is 0 Å². The second-order valence-corrected chi connectivity index (χ2v) is 3.24. The molecule has 0 radical (unpaired) electrons. The number of nitrogens with two attached hydrogens (primary N) is 2. The van der Waals surface area contributed by atoms with Gasteiger partial charge in [-0.3, -0.25) is 0 Å². The van der Waals surface area contributed by atoms with Gasteiger partial charge in [0.05, 0.1) is 0 Å². The highest BCUT2D eigenvalue weighted by molar-refractivity contribution is 5.17. The van der Waals surface area contributed by atoms with Crippen molar-refractivity contribution in [3.63, 3.8) is 0 Å². The molecule has 1 saturated heterocycles. The minimum absolute atomic E-state index is 0.492. The molecule has 1 fully saturated rings. The van der Waals surface area contributed by atoms with E-state index in [1.807, 2.05) is 0 Å². The molecule has 1 aliphatic rings. The summed E-state index contributed by atoms with van der Waals surface area (Å²) in [6, 6.07) is 0. The molecule has 1 heterocycles. The molecule has 0 aromatic rings. The van der Waals surface area contributed by atoms with Gasteiger partial charge in [-0.1, -0.05) is 6.58 Å². The maximum atomic E-state index is 5.84. The van der Waals surface area contributed by atoms with Crippen molar-refractivity contribution in [2.75, 3.05) is 13.1 Å². The summed E-state index contributed by atoms with van der Waals surface area (Å²) < 4.78 is 0. The van der Waals surface area contributed by atoms with Gasteiger partial charge in [-0.2, -0.15) is 0 Å². The summed E-state index contributed by atoms with van der Waals surface area (Å²) in [5, 5.41) is 3.29. The molecule has 1 aliphatic heterocycles. The van der Waals surface area contributed by atoms with Crippen molar-refractivity contribution in [3.05, 3.63) is 24.0 Å². The summed E-state index contributed by atoms with van der Waals surface area (Å²) >= 11 is 0. The van der Waals surface area contributed by atoms with Gasteiger partial charge in [0.1, 0.15) is 0 Å². The highest BCUT2D eigenvalue weighted by Gasteiger charge is 2.14. The fraction of sp³-hybridized carbons (Fsp3) is 0.556. The maximum absolute atomic E-state index is 5.84. The van der Waals surface area contributed by atoms with Crippen LogP contribution in [0.3, 0.4) is 0 Å². The largest absolute Gasteiger partial charge is 0.402 e. The van der Waals surface area contributed by atoms with Crippen molar-refractivity contribution in [3.8, 4) is 0 Å². The molecule has 3 heteroatoms. The summed E-state index contributed by atoms with van der Waals surface area (Å²) in [5.41, 5.74) is 12.7. The van der Waals surface area contributed by atoms with Crippen LogP contribution < -0.4 is 16.8 Å². The Bertz CT molecular complexity index is 190. The molecule has 5 N–H and O–H groups in total. The molecule has 0 spiro atoms. The zero-order valence-electron chi connectivity index (χ0n) is 7.34. The van der Waals surface area contributed by atoms with Crippen LogP contribution in [-0.2, 0) is 0 Å². The fourth-order valence-electron chi connectivity index (χ4n) is 1.49. The lowest BCUT2D eigenvalue weighted by molar-refractivity contribution is 0.417. The van der Waals surface area contributed by atoms with Crippen molar-refractivity contribution in [1.29, 1.82) is 0 Å². The molecular formula is C9H17N3. The number of nitrogens with one attached hydrogen (secondary N) is 1. The third-order valence-corrected chi connectivity index (χ3v) is 2.16. The molecule has 0 bridgehead atoms. The van der Waals surface area contributed by atoms with Gasteiger partial charge in [-0.15, -0.1) is 0 Å². The molecule has 1 rings (SSSR count). The second kappa shape index (κ2) is 4.16. The highest BCUT2D eigenvalue weighted by atomic mass is 14.9. The SMILES string of the molecule is C=C(N)/C=C(\N)C1CCNCC1. The van der Waals surface area contributed by atoms with Gasteiger partial charge in [0.2, 0.25) is 0 Å². The van der Waals surface area contributed by atoms with E-state index in [1.165, 1.54) is 0 Å². The van der Waals surface area contributed by atoms with E-state index in [-0.39, 0.29) is 0 Å². The first-order valence-corrected chi connectivity index (χ1v) is 4.32. The Balaban J connectivity index is 2.49. The van der Waals surface area contributed by atoms with Crippen LogP contribution in [0.4, 0.5) is 0 Å². The zero-order chi connectivity index (χ0) is 8.97. The Morgan fingerprint density at radius 1 is 1.33 bits per heavy atom. The van der Waals surface area contributed by atoms with Crippen LogP contribution in [0.15, 0.2) is 24.0 Å². The number of rotatable bonds is 2. The highest BCUT2D eigenvalue weighted by Crippen LogP contribution is 2.17. The zero-order valence-corrected chi connectivity index (χ0v) is 7.34. The standard InChI is InChI=1S/C9H17N3/c1-7(10)6-9(11)8-2-4-12-5-3-8/h6,8,12H,1-5,10-11H2/b9-6-. The number of hydrogen-bond acceptors (Lipinski definition) is 3. The van der Waals surface area contributed by atoms with Crippen molar-refractivity contribution in [2.45, 2.75) is 12.8 Å². The van der Waals surface area contributed by atoms with Crippen molar-refractivity contribution in [2.24, 2.45) is 17.4 Å². The Labute approximate surface area is 73.5 Å². The van der Waals surface area contributed by atoms with Crippen molar-refractivity contribution in [1.82, 2.24) is 5.32 Å². The first-order chi connectivity index (χ1) is 5.70. The van der Waals surface area contributed by atoms with Gasteiger partial charge in [0, 0.05) is 17.3 Å². The van der Waals surface area contributed by atoms with Gasteiger partial charge in [0.15, 0.2) is 0 Å². The minimum Gasteiger partial charge on any atom is -0.402 e. The molecule has 3 nitrogen and oxygen atoms in total. The van der Waals surface area contributed by atoms with E-state index in [9.17, 15) is 0 Å². The van der Waals surface area contributed by atoms with Gasteiger partial charge in [-0.25, -0.2) is 0 Å². The molecule has 0 saturated carbocycles. The molecule has 0 amide bonds. The Morgan fingerprint density at radius 3 is 2.42 bits per heavy atom. The van der Waals surface area contributed by atoms with Crippen molar-refractivity contribution < 1.29 is 0 Å². The maximum Gasteiger partial charge on any atom is 0.0258 e. The predicted octanol–water partition coefficient (Wildman–Crippen LogP) is 0.301. The molecule has 0 atom stereocenters. The van der Waals surface area contributed by atoms with Gasteiger partial charge >= 0.3 is 0 Å². The van der Waals surface area contributed by atoms with Crippen LogP contribution in [0, 0.1) is 5.92 Å². The molecule has 0 unspecified atom stereocenters. The van der Waals surface area contributed by atoms with Crippen LogP contribution >= 0.6 is 0 Å². The minimum atomic E-state index is 0.492. The van der Waals surface area contributed by atoms with Crippen LogP contribution in [0.1, 0.15) is 12.8 Å². The van der Waals surface area contributed by atoms with E-state index in [0.29, 0.717) is 11.6 Å². The Kier molecular flexibility index (Phi) is 3.17. The van der Waals surface area contributed by atoms with E-state index < -0.39 is 0 Å². The monoisotopic (exact) mass is 167 g/mol. The Hall–Kier alpha value is -0.960. The van der Waals surface area contributed by atoms with Gasteiger partial charge in [-0.05, 0) is 32.0 Å². The summed E-state index contributed by atoms with van der Waals surface area (Å²) in [4.78, 5) is 0. The topological polar surface area (TPSA) is 64.1 Å². The van der Waals surface area contributed by atoms with E-state index in [0.717, 1.165) is 31.6 Å². The average Bonchev–Trinajstić information content (AvgIpc) is 2.05. The van der Waals surface area contributed by atoms with E-state index >= 15 is 0 Å². The lowest BCUT2D eigenvalue weighted by Crippen LogP contribution is -2.30. The quantitative estimate of drug-likeness (QED) is 0.518. The number of piperidine rings is 1. The van der Waals surface area contributed by atoms with Crippen LogP contribution in [0.5, 0.6) is 0 Å². The first kappa shape index (κ1) is 9.13. The number of hydrogen-bond donors (Lipinski definition) is 3. The lowest BCUT2D eigenvalue weighted by Gasteiger charge is -2.22. The van der Waals surface area contributed by atoms with E-state index in [4.69, 9.17) is 11.5 Å². The van der Waals surface area contributed by atoms with Gasteiger partial charge < -0.3 is 16.8 Å². The van der Waals surface area contributed by atoms with E-state index in [2.05, 4.69) is 11.9 Å². The third-order valence-electron chi connectivity index (χ3n) is 2.16. The first-order valence-electron chi connectivity index (χ1n) is 4.32. The summed E-state index contributed by atoms with van der Waals surface area (Å²) in [6.45, 7) is 5.70. The molecule has 68 valence electrons.